The molecular formula is C15H22N4S. The molecule has 0 spiro atoms. The van der Waals surface area contributed by atoms with Crippen molar-refractivity contribution in [3.63, 3.8) is 0 Å². The average Bonchev–Trinajstić information content (AvgIpc) is 2.89. The third-order valence-corrected chi connectivity index (χ3v) is 5.41. The van der Waals surface area contributed by atoms with Crippen LogP contribution in [-0.4, -0.2) is 29.6 Å². The molecule has 2 aromatic rings. The van der Waals surface area contributed by atoms with Gasteiger partial charge in [0.15, 0.2) is 0 Å². The Morgan fingerprint density at radius 1 is 1.35 bits per heavy atom. The lowest BCUT2D eigenvalue weighted by Crippen LogP contribution is -2.39. The van der Waals surface area contributed by atoms with Crippen molar-refractivity contribution in [2.24, 2.45) is 5.41 Å². The van der Waals surface area contributed by atoms with E-state index < -0.39 is 0 Å². The number of piperidine rings is 1. The number of hydrogen-bond donors (Lipinski definition) is 2. The maximum absolute atomic E-state index is 4.44. The number of rotatable bonds is 4. The maximum Gasteiger partial charge on any atom is 0.138 e. The van der Waals surface area contributed by atoms with E-state index in [1.54, 1.807) is 17.7 Å². The summed E-state index contributed by atoms with van der Waals surface area (Å²) in [6.45, 7) is 7.77. The van der Waals surface area contributed by atoms with Crippen LogP contribution >= 0.6 is 11.3 Å². The second-order valence-corrected chi connectivity index (χ2v) is 7.04. The number of aromatic nitrogens is 2. The first kappa shape index (κ1) is 13.8. The Morgan fingerprint density at radius 3 is 2.90 bits per heavy atom. The van der Waals surface area contributed by atoms with Crippen molar-refractivity contribution in [2.45, 2.75) is 33.1 Å². The third-order valence-electron chi connectivity index (χ3n) is 4.22. The molecule has 1 fully saturated rings. The molecular weight excluding hydrogens is 268 g/mol. The van der Waals surface area contributed by atoms with Crippen LogP contribution in [-0.2, 0) is 6.42 Å². The first-order valence-electron chi connectivity index (χ1n) is 7.38. The second-order valence-electron chi connectivity index (χ2n) is 5.92. The van der Waals surface area contributed by atoms with Crippen LogP contribution in [0.4, 0.5) is 5.82 Å². The summed E-state index contributed by atoms with van der Waals surface area (Å²) in [6, 6.07) is 2.23. The van der Waals surface area contributed by atoms with Gasteiger partial charge in [0.1, 0.15) is 17.0 Å². The lowest BCUT2D eigenvalue weighted by atomic mass is 9.81. The van der Waals surface area contributed by atoms with Crippen LogP contribution in [0, 0.1) is 5.41 Å². The molecule has 0 unspecified atom stereocenters. The summed E-state index contributed by atoms with van der Waals surface area (Å²) >= 11 is 1.77. The predicted molar refractivity (Wildman–Crippen MR) is 85.5 cm³/mol. The minimum Gasteiger partial charge on any atom is -0.369 e. The van der Waals surface area contributed by atoms with Crippen LogP contribution in [0.1, 0.15) is 31.6 Å². The molecule has 0 amide bonds. The fourth-order valence-corrected chi connectivity index (χ4v) is 3.66. The SMILES string of the molecule is CCc1cc2c(NCC3(C)CCNCC3)ncnc2s1. The molecule has 5 heteroatoms. The van der Waals surface area contributed by atoms with Crippen LogP contribution in [0.25, 0.3) is 10.2 Å². The summed E-state index contributed by atoms with van der Waals surface area (Å²) in [5.41, 5.74) is 0.367. The van der Waals surface area contributed by atoms with Gasteiger partial charge in [-0.05, 0) is 43.8 Å². The predicted octanol–water partition coefficient (Wildman–Crippen LogP) is 3.06. The average molecular weight is 290 g/mol. The summed E-state index contributed by atoms with van der Waals surface area (Å²) in [5.74, 6) is 0.991. The number of anilines is 1. The lowest BCUT2D eigenvalue weighted by molar-refractivity contribution is 0.247. The fraction of sp³-hybridized carbons (Fsp3) is 0.600. The van der Waals surface area contributed by atoms with Gasteiger partial charge < -0.3 is 10.6 Å². The smallest absolute Gasteiger partial charge is 0.138 e. The Balaban J connectivity index is 1.78. The van der Waals surface area contributed by atoms with Gasteiger partial charge in [-0.3, -0.25) is 0 Å². The summed E-state index contributed by atoms with van der Waals surface area (Å²) in [5, 5.41) is 8.16. The zero-order chi connectivity index (χ0) is 14.0. The van der Waals surface area contributed by atoms with Crippen molar-refractivity contribution in [1.82, 2.24) is 15.3 Å². The van der Waals surface area contributed by atoms with Gasteiger partial charge in [0, 0.05) is 11.4 Å². The van der Waals surface area contributed by atoms with E-state index in [4.69, 9.17) is 0 Å². The molecule has 0 bridgehead atoms. The molecule has 3 rings (SSSR count). The molecule has 1 aliphatic rings. The first-order chi connectivity index (χ1) is 9.70. The van der Waals surface area contributed by atoms with Gasteiger partial charge in [-0.25, -0.2) is 9.97 Å². The number of nitrogens with zero attached hydrogens (tertiary/aromatic N) is 2. The second kappa shape index (κ2) is 5.66. The quantitative estimate of drug-likeness (QED) is 0.908. The van der Waals surface area contributed by atoms with E-state index in [1.165, 1.54) is 23.1 Å². The van der Waals surface area contributed by atoms with Crippen molar-refractivity contribution < 1.29 is 0 Å². The summed E-state index contributed by atoms with van der Waals surface area (Å²) in [4.78, 5) is 11.3. The number of aryl methyl sites for hydroxylation is 1. The van der Waals surface area contributed by atoms with Crippen LogP contribution in [0.3, 0.4) is 0 Å². The van der Waals surface area contributed by atoms with Crippen LogP contribution in [0.2, 0.25) is 0 Å². The van der Waals surface area contributed by atoms with E-state index in [-0.39, 0.29) is 0 Å². The Hall–Kier alpha value is -1.20. The number of hydrogen-bond acceptors (Lipinski definition) is 5. The Labute approximate surface area is 124 Å². The number of fused-ring (bicyclic) bond motifs is 1. The van der Waals surface area contributed by atoms with E-state index in [0.717, 1.165) is 36.7 Å². The Bertz CT molecular complexity index is 587. The first-order valence-corrected chi connectivity index (χ1v) is 8.20. The number of nitrogens with one attached hydrogen (secondary N) is 2. The van der Waals surface area contributed by atoms with Crippen LogP contribution in [0.5, 0.6) is 0 Å². The molecule has 1 saturated heterocycles. The minimum absolute atomic E-state index is 0.367. The lowest BCUT2D eigenvalue weighted by Gasteiger charge is -2.34. The molecule has 108 valence electrons. The fourth-order valence-electron chi connectivity index (χ4n) is 2.72. The van der Waals surface area contributed by atoms with Crippen molar-refractivity contribution >= 4 is 27.4 Å². The van der Waals surface area contributed by atoms with E-state index in [1.807, 2.05) is 0 Å². The number of thiophene rings is 1. The van der Waals surface area contributed by atoms with Crippen molar-refractivity contribution in [3.05, 3.63) is 17.3 Å². The summed E-state index contributed by atoms with van der Waals surface area (Å²) < 4.78 is 0. The van der Waals surface area contributed by atoms with E-state index in [9.17, 15) is 0 Å². The van der Waals surface area contributed by atoms with Gasteiger partial charge in [0.25, 0.3) is 0 Å². The van der Waals surface area contributed by atoms with Crippen molar-refractivity contribution in [1.29, 1.82) is 0 Å². The highest BCUT2D eigenvalue weighted by Gasteiger charge is 2.26. The van der Waals surface area contributed by atoms with Crippen molar-refractivity contribution in [2.75, 3.05) is 25.0 Å². The van der Waals surface area contributed by atoms with E-state index >= 15 is 0 Å². The highest BCUT2D eigenvalue weighted by atomic mass is 32.1. The Morgan fingerprint density at radius 2 is 2.15 bits per heavy atom. The van der Waals surface area contributed by atoms with E-state index in [2.05, 4.69) is 40.5 Å². The van der Waals surface area contributed by atoms with Gasteiger partial charge in [0.2, 0.25) is 0 Å². The zero-order valence-corrected chi connectivity index (χ0v) is 13.0. The highest BCUT2D eigenvalue weighted by Crippen LogP contribution is 2.31. The van der Waals surface area contributed by atoms with Crippen LogP contribution in [0.15, 0.2) is 12.4 Å². The standard InChI is InChI=1S/C15H22N4S/c1-3-11-8-12-13(18-10-19-14(12)20-11)17-9-15(2)4-6-16-7-5-15/h8,10,16H,3-7,9H2,1-2H3,(H,17,18,19). The third kappa shape index (κ3) is 2.79. The molecule has 2 aromatic heterocycles. The van der Waals surface area contributed by atoms with Gasteiger partial charge in [-0.2, -0.15) is 0 Å². The molecule has 0 aromatic carbocycles. The maximum atomic E-state index is 4.44. The molecule has 0 radical (unpaired) electrons. The minimum atomic E-state index is 0.367. The molecule has 3 heterocycles. The largest absolute Gasteiger partial charge is 0.369 e. The zero-order valence-electron chi connectivity index (χ0n) is 12.2. The van der Waals surface area contributed by atoms with Gasteiger partial charge in [0.05, 0.1) is 5.39 Å². The van der Waals surface area contributed by atoms with Crippen LogP contribution < -0.4 is 10.6 Å². The molecule has 1 aliphatic heterocycles. The van der Waals surface area contributed by atoms with Gasteiger partial charge in [-0.15, -0.1) is 11.3 Å². The molecule has 0 aliphatic carbocycles. The molecule has 0 saturated carbocycles. The van der Waals surface area contributed by atoms with Gasteiger partial charge in [-0.1, -0.05) is 13.8 Å². The van der Waals surface area contributed by atoms with Crippen molar-refractivity contribution in [3.8, 4) is 0 Å². The summed E-state index contributed by atoms with van der Waals surface area (Å²) in [6.07, 6.45) is 5.17. The van der Waals surface area contributed by atoms with Gasteiger partial charge >= 0.3 is 0 Å². The highest BCUT2D eigenvalue weighted by molar-refractivity contribution is 7.18. The topological polar surface area (TPSA) is 49.8 Å². The molecule has 2 N–H and O–H groups in total. The molecule has 20 heavy (non-hydrogen) atoms. The molecule has 4 nitrogen and oxygen atoms in total. The monoisotopic (exact) mass is 290 g/mol. The normalized spacial score (nSPS) is 18.3. The molecule has 0 atom stereocenters. The van der Waals surface area contributed by atoms with E-state index in [0.29, 0.717) is 5.41 Å². The summed E-state index contributed by atoms with van der Waals surface area (Å²) in [7, 11) is 0. The Kier molecular flexibility index (Phi) is 3.89.